The second kappa shape index (κ2) is 7.75. The minimum absolute atomic E-state index is 0. The molecule has 126 valence electrons. The number of carbonyl (C=O) groups is 3. The zero-order valence-electron chi connectivity index (χ0n) is 12.7. The molecule has 0 aliphatic carbocycles. The first kappa shape index (κ1) is 18.7. The molecule has 0 aromatic heterocycles. The maximum atomic E-state index is 11.6. The number of carbonyl (C=O) groups excluding carboxylic acids is 3. The number of rotatable bonds is 6. The standard InChI is InChI=1S/C13H22N4O4.ClH/c1-7(2)12(14)13(20)16-5-9(18)15-4-8-6-17-10(19)3-11(17)21-8;/h7-8,11-12H,3-6,14H2,1-2H3,(H,15,18)(H,16,20);1H. The summed E-state index contributed by atoms with van der Waals surface area (Å²) in [5.74, 6) is -0.540. The Balaban J connectivity index is 0.00000242. The van der Waals surface area contributed by atoms with Crippen molar-refractivity contribution in [2.24, 2.45) is 11.7 Å². The normalized spacial score (nSPS) is 24.2. The number of amides is 3. The van der Waals surface area contributed by atoms with Crippen LogP contribution in [-0.2, 0) is 19.1 Å². The second-order valence-electron chi connectivity index (χ2n) is 5.75. The van der Waals surface area contributed by atoms with E-state index < -0.39 is 6.04 Å². The van der Waals surface area contributed by atoms with Gasteiger partial charge in [-0.2, -0.15) is 0 Å². The molecule has 0 bridgehead atoms. The van der Waals surface area contributed by atoms with Crippen LogP contribution in [0, 0.1) is 5.92 Å². The second-order valence-corrected chi connectivity index (χ2v) is 5.75. The number of ether oxygens (including phenoxy) is 1. The topological polar surface area (TPSA) is 114 Å². The van der Waals surface area contributed by atoms with E-state index in [-0.39, 0.29) is 54.9 Å². The first-order valence-corrected chi connectivity index (χ1v) is 7.13. The molecule has 2 saturated heterocycles. The molecule has 0 aromatic rings. The molecule has 2 aliphatic heterocycles. The lowest BCUT2D eigenvalue weighted by Crippen LogP contribution is -2.48. The molecule has 3 amide bonds. The first-order valence-electron chi connectivity index (χ1n) is 7.13. The smallest absolute Gasteiger partial charge is 0.239 e. The third kappa shape index (κ3) is 4.31. The lowest BCUT2D eigenvalue weighted by molar-refractivity contribution is -0.156. The van der Waals surface area contributed by atoms with Crippen LogP contribution in [0.1, 0.15) is 20.3 Å². The third-order valence-corrected chi connectivity index (χ3v) is 3.74. The Kier molecular flexibility index (Phi) is 6.58. The molecule has 3 atom stereocenters. The number of nitrogens with two attached hydrogens (primary N) is 1. The van der Waals surface area contributed by atoms with Crippen molar-refractivity contribution < 1.29 is 19.1 Å². The molecular formula is C13H23ClN4O4. The maximum Gasteiger partial charge on any atom is 0.239 e. The SMILES string of the molecule is CC(C)C(N)C(=O)NCC(=O)NCC1CN2C(=O)CC2O1.Cl. The summed E-state index contributed by atoms with van der Waals surface area (Å²) in [4.78, 5) is 36.1. The van der Waals surface area contributed by atoms with Gasteiger partial charge in [-0.15, -0.1) is 12.4 Å². The average molecular weight is 335 g/mol. The van der Waals surface area contributed by atoms with E-state index in [0.29, 0.717) is 19.5 Å². The molecular weight excluding hydrogens is 312 g/mol. The van der Waals surface area contributed by atoms with Crippen molar-refractivity contribution in [3.63, 3.8) is 0 Å². The van der Waals surface area contributed by atoms with E-state index in [2.05, 4.69) is 10.6 Å². The molecule has 0 spiro atoms. The lowest BCUT2D eigenvalue weighted by atomic mass is 10.1. The van der Waals surface area contributed by atoms with Gasteiger partial charge < -0.3 is 26.0 Å². The molecule has 0 radical (unpaired) electrons. The highest BCUT2D eigenvalue weighted by atomic mass is 35.5. The summed E-state index contributed by atoms with van der Waals surface area (Å²) >= 11 is 0. The molecule has 0 saturated carbocycles. The Morgan fingerprint density at radius 3 is 2.64 bits per heavy atom. The fourth-order valence-corrected chi connectivity index (χ4v) is 2.24. The zero-order valence-corrected chi connectivity index (χ0v) is 13.5. The summed E-state index contributed by atoms with van der Waals surface area (Å²) in [6.45, 7) is 4.40. The van der Waals surface area contributed by atoms with Gasteiger partial charge >= 0.3 is 0 Å². The van der Waals surface area contributed by atoms with Gasteiger partial charge in [-0.3, -0.25) is 14.4 Å². The van der Waals surface area contributed by atoms with Crippen LogP contribution in [0.3, 0.4) is 0 Å². The monoisotopic (exact) mass is 334 g/mol. The number of fused-ring (bicyclic) bond motifs is 1. The van der Waals surface area contributed by atoms with E-state index in [1.54, 1.807) is 4.90 Å². The summed E-state index contributed by atoms with van der Waals surface area (Å²) in [6, 6.07) is -0.620. The molecule has 0 aromatic carbocycles. The molecule has 3 unspecified atom stereocenters. The van der Waals surface area contributed by atoms with Crippen LogP contribution in [0.4, 0.5) is 0 Å². The van der Waals surface area contributed by atoms with Crippen molar-refractivity contribution >= 4 is 30.1 Å². The van der Waals surface area contributed by atoms with Crippen LogP contribution >= 0.6 is 12.4 Å². The van der Waals surface area contributed by atoms with Crippen molar-refractivity contribution in [1.82, 2.24) is 15.5 Å². The van der Waals surface area contributed by atoms with Gasteiger partial charge in [-0.1, -0.05) is 13.8 Å². The van der Waals surface area contributed by atoms with Crippen LogP contribution in [-0.4, -0.2) is 60.6 Å². The highest BCUT2D eigenvalue weighted by molar-refractivity contribution is 5.87. The Morgan fingerprint density at radius 2 is 2.09 bits per heavy atom. The predicted molar refractivity (Wildman–Crippen MR) is 81.1 cm³/mol. The summed E-state index contributed by atoms with van der Waals surface area (Å²) in [5.41, 5.74) is 5.67. The van der Waals surface area contributed by atoms with Gasteiger partial charge in [0.25, 0.3) is 0 Å². The van der Waals surface area contributed by atoms with E-state index in [9.17, 15) is 14.4 Å². The summed E-state index contributed by atoms with van der Waals surface area (Å²) in [5, 5.41) is 5.17. The molecule has 9 heteroatoms. The molecule has 2 fully saturated rings. The Hall–Kier alpha value is -1.38. The number of nitrogens with one attached hydrogen (secondary N) is 2. The lowest BCUT2D eigenvalue weighted by Gasteiger charge is -2.31. The van der Waals surface area contributed by atoms with Gasteiger partial charge in [0.05, 0.1) is 31.7 Å². The van der Waals surface area contributed by atoms with Crippen molar-refractivity contribution in [2.75, 3.05) is 19.6 Å². The molecule has 2 rings (SSSR count). The van der Waals surface area contributed by atoms with Gasteiger partial charge in [0.15, 0.2) is 0 Å². The average Bonchev–Trinajstić information content (AvgIpc) is 2.78. The van der Waals surface area contributed by atoms with Crippen LogP contribution in [0.5, 0.6) is 0 Å². The molecule has 22 heavy (non-hydrogen) atoms. The zero-order chi connectivity index (χ0) is 15.6. The fourth-order valence-electron chi connectivity index (χ4n) is 2.24. The predicted octanol–water partition coefficient (Wildman–Crippen LogP) is -1.42. The highest BCUT2D eigenvalue weighted by Gasteiger charge is 2.45. The Morgan fingerprint density at radius 1 is 1.41 bits per heavy atom. The maximum absolute atomic E-state index is 11.6. The summed E-state index contributed by atoms with van der Waals surface area (Å²) in [7, 11) is 0. The molecule has 2 heterocycles. The first-order chi connectivity index (χ1) is 9.88. The number of hydrogen-bond acceptors (Lipinski definition) is 5. The van der Waals surface area contributed by atoms with E-state index in [1.807, 2.05) is 13.8 Å². The van der Waals surface area contributed by atoms with E-state index in [4.69, 9.17) is 10.5 Å². The minimum Gasteiger partial charge on any atom is -0.352 e. The minimum atomic E-state index is -0.620. The van der Waals surface area contributed by atoms with E-state index >= 15 is 0 Å². The van der Waals surface area contributed by atoms with E-state index in [1.165, 1.54) is 0 Å². The van der Waals surface area contributed by atoms with E-state index in [0.717, 1.165) is 0 Å². The molecule has 2 aliphatic rings. The van der Waals surface area contributed by atoms with Crippen LogP contribution in [0.2, 0.25) is 0 Å². The van der Waals surface area contributed by atoms with Gasteiger partial charge in [0.2, 0.25) is 17.7 Å². The largest absolute Gasteiger partial charge is 0.352 e. The number of β-lactam (4-membered cyclic amide) rings is 1. The Labute approximate surface area is 135 Å². The van der Waals surface area contributed by atoms with Gasteiger partial charge in [0, 0.05) is 6.54 Å². The van der Waals surface area contributed by atoms with Crippen molar-refractivity contribution in [3.8, 4) is 0 Å². The van der Waals surface area contributed by atoms with Crippen LogP contribution in [0.15, 0.2) is 0 Å². The van der Waals surface area contributed by atoms with Gasteiger partial charge in [-0.25, -0.2) is 0 Å². The molecule has 4 N–H and O–H groups in total. The number of nitrogens with zero attached hydrogens (tertiary/aromatic N) is 1. The van der Waals surface area contributed by atoms with Crippen molar-refractivity contribution in [2.45, 2.75) is 38.6 Å². The molecule has 8 nitrogen and oxygen atoms in total. The fraction of sp³-hybridized carbons (Fsp3) is 0.769. The van der Waals surface area contributed by atoms with Crippen LogP contribution in [0.25, 0.3) is 0 Å². The quantitative estimate of drug-likeness (QED) is 0.516. The van der Waals surface area contributed by atoms with Crippen molar-refractivity contribution in [1.29, 1.82) is 0 Å². The highest BCUT2D eigenvalue weighted by Crippen LogP contribution is 2.28. The van der Waals surface area contributed by atoms with Gasteiger partial charge in [-0.05, 0) is 5.92 Å². The summed E-state index contributed by atoms with van der Waals surface area (Å²) < 4.78 is 5.56. The Bertz CT molecular complexity index is 446. The van der Waals surface area contributed by atoms with Crippen molar-refractivity contribution in [3.05, 3.63) is 0 Å². The van der Waals surface area contributed by atoms with Gasteiger partial charge in [0.1, 0.15) is 6.23 Å². The van der Waals surface area contributed by atoms with Crippen LogP contribution < -0.4 is 16.4 Å². The summed E-state index contributed by atoms with van der Waals surface area (Å²) in [6.07, 6.45) is 0.121. The number of hydrogen-bond donors (Lipinski definition) is 3. The number of halogens is 1. The third-order valence-electron chi connectivity index (χ3n) is 3.74.